The first kappa shape index (κ1) is 30.7. The van der Waals surface area contributed by atoms with Gasteiger partial charge in [0.25, 0.3) is 0 Å². The van der Waals surface area contributed by atoms with Crippen LogP contribution in [0.15, 0.2) is 30.6 Å². The largest absolute Gasteiger partial charge is 0.478 e. The van der Waals surface area contributed by atoms with Crippen LogP contribution in [0.5, 0.6) is 0 Å². The molecule has 2 amide bonds. The summed E-state index contributed by atoms with van der Waals surface area (Å²) >= 11 is 0. The molecule has 1 saturated carbocycles. The third-order valence-corrected chi connectivity index (χ3v) is 7.11. The summed E-state index contributed by atoms with van der Waals surface area (Å²) in [6.07, 6.45) is 7.61. The molecule has 0 aromatic carbocycles. The fourth-order valence-corrected chi connectivity index (χ4v) is 5.06. The molecule has 1 aliphatic carbocycles. The molecule has 3 fully saturated rings. The Bertz CT molecular complexity index is 1050. The molecule has 2 saturated heterocycles. The topological polar surface area (TPSA) is 171 Å². The number of aromatic nitrogens is 2. The number of fused-ring (bicyclic) bond motifs is 1. The number of anilines is 1. The normalized spacial score (nSPS) is 22.1. The van der Waals surface area contributed by atoms with E-state index in [4.69, 9.17) is 14.9 Å². The number of likely N-dealkylation sites (tertiary alicyclic amines) is 1. The van der Waals surface area contributed by atoms with Gasteiger partial charge in [-0.15, -0.1) is 0 Å². The average molecular weight is 560 g/mol. The number of carbonyl (C=O) groups excluding carboxylic acids is 3. The second-order valence-electron chi connectivity index (χ2n) is 10.3. The highest BCUT2D eigenvalue weighted by Gasteiger charge is 2.48. The highest BCUT2D eigenvalue weighted by molar-refractivity contribution is 6.05. The van der Waals surface area contributed by atoms with Crippen LogP contribution in [-0.2, 0) is 28.7 Å². The van der Waals surface area contributed by atoms with Crippen molar-refractivity contribution in [2.24, 2.45) is 17.8 Å². The van der Waals surface area contributed by atoms with Crippen molar-refractivity contribution >= 4 is 35.7 Å². The SMILES string of the molecule is CC(C)C(=O)OC(CN1CCN(c2ncccn2)CC1)CN1C(=O)[C@H]2CCCC[C@H]2C1=O.O=C(O)/C=C\C(=O)O. The van der Waals surface area contributed by atoms with Gasteiger partial charge < -0.3 is 19.8 Å². The fourth-order valence-electron chi connectivity index (χ4n) is 5.06. The number of ether oxygens (including phenoxy) is 1. The first-order valence-corrected chi connectivity index (χ1v) is 13.5. The number of amides is 2. The van der Waals surface area contributed by atoms with Gasteiger partial charge in [-0.05, 0) is 18.9 Å². The van der Waals surface area contributed by atoms with Crippen LogP contribution in [0, 0.1) is 17.8 Å². The van der Waals surface area contributed by atoms with Crippen LogP contribution >= 0.6 is 0 Å². The third-order valence-electron chi connectivity index (χ3n) is 7.11. The number of carbonyl (C=O) groups is 5. The minimum atomic E-state index is -1.26. The highest BCUT2D eigenvalue weighted by atomic mass is 16.5. The van der Waals surface area contributed by atoms with Crippen molar-refractivity contribution in [3.8, 4) is 0 Å². The molecule has 13 heteroatoms. The Morgan fingerprint density at radius 1 is 0.925 bits per heavy atom. The second kappa shape index (κ2) is 14.5. The van der Waals surface area contributed by atoms with Crippen LogP contribution in [0.1, 0.15) is 39.5 Å². The number of carboxylic acid groups (broad SMARTS) is 2. The summed E-state index contributed by atoms with van der Waals surface area (Å²) in [4.78, 5) is 71.7. The molecular formula is C27H37N5O8. The molecule has 4 rings (SSSR count). The number of imide groups is 1. The number of hydrogen-bond acceptors (Lipinski definition) is 10. The van der Waals surface area contributed by atoms with Crippen molar-refractivity contribution in [2.45, 2.75) is 45.6 Å². The summed E-state index contributed by atoms with van der Waals surface area (Å²) in [6.45, 7) is 7.28. The van der Waals surface area contributed by atoms with Crippen molar-refractivity contribution in [1.29, 1.82) is 0 Å². The lowest BCUT2D eigenvalue weighted by Gasteiger charge is -2.36. The van der Waals surface area contributed by atoms with Crippen molar-refractivity contribution < 1.29 is 38.9 Å². The molecular weight excluding hydrogens is 522 g/mol. The number of esters is 1. The van der Waals surface area contributed by atoms with E-state index in [1.807, 2.05) is 0 Å². The number of nitrogens with zero attached hydrogens (tertiary/aromatic N) is 5. The fraction of sp³-hybridized carbons (Fsp3) is 0.593. The molecule has 2 aliphatic heterocycles. The molecule has 3 aliphatic rings. The smallest absolute Gasteiger partial charge is 0.328 e. The molecule has 1 aromatic heterocycles. The lowest BCUT2D eigenvalue weighted by atomic mass is 9.81. The van der Waals surface area contributed by atoms with E-state index in [2.05, 4.69) is 19.8 Å². The third kappa shape index (κ3) is 8.57. The number of piperazine rings is 1. The van der Waals surface area contributed by atoms with Gasteiger partial charge in [0.2, 0.25) is 17.8 Å². The van der Waals surface area contributed by atoms with Crippen LogP contribution in [0.4, 0.5) is 5.95 Å². The molecule has 218 valence electrons. The number of rotatable bonds is 9. The Hall–Kier alpha value is -3.87. The number of carboxylic acids is 2. The van der Waals surface area contributed by atoms with E-state index in [1.54, 1.807) is 32.3 Å². The van der Waals surface area contributed by atoms with Crippen molar-refractivity contribution in [3.05, 3.63) is 30.6 Å². The van der Waals surface area contributed by atoms with E-state index in [1.165, 1.54) is 4.90 Å². The molecule has 3 heterocycles. The Morgan fingerprint density at radius 2 is 1.45 bits per heavy atom. The monoisotopic (exact) mass is 559 g/mol. The zero-order valence-electron chi connectivity index (χ0n) is 22.8. The molecule has 0 radical (unpaired) electrons. The Kier molecular flexibility index (Phi) is 11.1. The highest BCUT2D eigenvalue weighted by Crippen LogP contribution is 2.38. The maximum atomic E-state index is 12.9. The summed E-state index contributed by atoms with van der Waals surface area (Å²) in [7, 11) is 0. The van der Waals surface area contributed by atoms with E-state index >= 15 is 0 Å². The summed E-state index contributed by atoms with van der Waals surface area (Å²) in [6, 6.07) is 1.80. The maximum absolute atomic E-state index is 12.9. The van der Waals surface area contributed by atoms with Gasteiger partial charge in [-0.25, -0.2) is 19.6 Å². The van der Waals surface area contributed by atoms with Gasteiger partial charge in [-0.1, -0.05) is 26.7 Å². The summed E-state index contributed by atoms with van der Waals surface area (Å²) in [5, 5.41) is 15.6. The van der Waals surface area contributed by atoms with Crippen molar-refractivity contribution in [3.63, 3.8) is 0 Å². The van der Waals surface area contributed by atoms with Gasteiger partial charge in [-0.2, -0.15) is 0 Å². The predicted octanol–water partition coefficient (Wildman–Crippen LogP) is 1.05. The van der Waals surface area contributed by atoms with Gasteiger partial charge in [0, 0.05) is 57.3 Å². The van der Waals surface area contributed by atoms with Crippen molar-refractivity contribution in [2.75, 3.05) is 44.2 Å². The Balaban J connectivity index is 0.000000482. The standard InChI is InChI=1S/C23H33N5O4.C4H4O4/c1-16(2)22(31)32-17(15-28-20(29)18-6-3-4-7-19(18)21(28)30)14-26-10-12-27(13-11-26)23-24-8-5-9-25-23;5-3(6)1-2-4(7)8/h5,8-9,16-19H,3-4,6-7,10-15H2,1-2H3;1-2H,(H,5,6)(H,7,8)/b;2-1-/t17?,18-,19+;. The molecule has 2 N–H and O–H groups in total. The lowest BCUT2D eigenvalue weighted by molar-refractivity contribution is -0.158. The van der Waals surface area contributed by atoms with E-state index in [-0.39, 0.29) is 42.1 Å². The van der Waals surface area contributed by atoms with Gasteiger partial charge in [0.05, 0.1) is 24.3 Å². The van der Waals surface area contributed by atoms with Gasteiger partial charge in [0.1, 0.15) is 6.10 Å². The minimum Gasteiger partial charge on any atom is -0.478 e. The predicted molar refractivity (Wildman–Crippen MR) is 142 cm³/mol. The summed E-state index contributed by atoms with van der Waals surface area (Å²) < 4.78 is 5.77. The molecule has 0 bridgehead atoms. The first-order valence-electron chi connectivity index (χ1n) is 13.5. The van der Waals surface area contributed by atoms with Gasteiger partial charge >= 0.3 is 17.9 Å². The quantitative estimate of drug-likeness (QED) is 0.251. The van der Waals surface area contributed by atoms with Crippen LogP contribution in [0.25, 0.3) is 0 Å². The molecule has 0 spiro atoms. The Morgan fingerprint density at radius 3 is 1.93 bits per heavy atom. The summed E-state index contributed by atoms with van der Waals surface area (Å²) in [5.74, 6) is -2.92. The van der Waals surface area contributed by atoms with E-state index in [9.17, 15) is 24.0 Å². The van der Waals surface area contributed by atoms with Gasteiger partial charge in [0.15, 0.2) is 0 Å². The maximum Gasteiger partial charge on any atom is 0.328 e. The van der Waals surface area contributed by atoms with Crippen LogP contribution in [-0.4, -0.2) is 105 Å². The second-order valence-corrected chi connectivity index (χ2v) is 10.3. The molecule has 1 unspecified atom stereocenters. The zero-order chi connectivity index (χ0) is 29.2. The van der Waals surface area contributed by atoms with Crippen LogP contribution in [0.2, 0.25) is 0 Å². The molecule has 3 atom stereocenters. The van der Waals surface area contributed by atoms with Crippen molar-refractivity contribution in [1.82, 2.24) is 19.8 Å². The van der Waals surface area contributed by atoms with Gasteiger partial charge in [-0.3, -0.25) is 24.2 Å². The number of aliphatic carboxylic acids is 2. The van der Waals surface area contributed by atoms with E-state index < -0.39 is 18.0 Å². The Labute approximate surface area is 232 Å². The van der Waals surface area contributed by atoms with Crippen LogP contribution in [0.3, 0.4) is 0 Å². The molecule has 1 aromatic rings. The molecule has 40 heavy (non-hydrogen) atoms. The minimum absolute atomic E-state index is 0.0867. The molecule has 13 nitrogen and oxygen atoms in total. The lowest BCUT2D eigenvalue weighted by Crippen LogP contribution is -2.52. The average Bonchev–Trinajstić information content (AvgIpc) is 3.18. The summed E-state index contributed by atoms with van der Waals surface area (Å²) in [5.41, 5.74) is 0. The zero-order valence-corrected chi connectivity index (χ0v) is 22.8. The number of hydrogen-bond donors (Lipinski definition) is 2. The van der Waals surface area contributed by atoms with E-state index in [0.29, 0.717) is 24.6 Å². The van der Waals surface area contributed by atoms with E-state index in [0.717, 1.165) is 51.9 Å². The first-order chi connectivity index (χ1) is 19.1. The van der Waals surface area contributed by atoms with Crippen LogP contribution < -0.4 is 4.90 Å².